The van der Waals surface area contributed by atoms with Crippen molar-refractivity contribution in [2.24, 2.45) is 0 Å². The number of benzene rings is 1. The molecule has 2 aliphatic rings. The van der Waals surface area contributed by atoms with Crippen molar-refractivity contribution in [3.05, 3.63) is 39.7 Å². The third kappa shape index (κ3) is 4.68. The lowest BCUT2D eigenvalue weighted by Crippen LogP contribution is -2.32. The first kappa shape index (κ1) is 20.2. The number of amides is 1. The normalized spacial score (nSPS) is 17.2. The Hall–Kier alpha value is -1.50. The number of H-pyrrole nitrogens is 1. The molecule has 1 aromatic carbocycles. The molecule has 1 fully saturated rings. The molecule has 1 aromatic heterocycles. The second kappa shape index (κ2) is 9.13. The fourth-order valence-electron chi connectivity index (χ4n) is 3.93. The summed E-state index contributed by atoms with van der Waals surface area (Å²) in [6, 6.07) is 5.79. The minimum atomic E-state index is 0. The number of hydrogen-bond donors (Lipinski definition) is 2. The van der Waals surface area contributed by atoms with Crippen LogP contribution < -0.4 is 10.9 Å². The minimum absolute atomic E-state index is 0. The maximum absolute atomic E-state index is 12.3. The lowest BCUT2D eigenvalue weighted by atomic mass is 10.0. The lowest BCUT2D eigenvalue weighted by molar-refractivity contribution is -0.116. The first-order valence-corrected chi connectivity index (χ1v) is 10.6. The van der Waals surface area contributed by atoms with E-state index >= 15 is 0 Å². The fraction of sp³-hybridized carbons (Fsp3) is 0.500. The van der Waals surface area contributed by atoms with Crippen LogP contribution in [0.2, 0.25) is 0 Å². The first-order valence-electron chi connectivity index (χ1n) is 9.48. The van der Waals surface area contributed by atoms with Crippen molar-refractivity contribution in [2.75, 3.05) is 30.7 Å². The molecule has 0 unspecified atom stereocenters. The molecule has 0 bridgehead atoms. The van der Waals surface area contributed by atoms with E-state index in [9.17, 15) is 9.59 Å². The molecule has 27 heavy (non-hydrogen) atoms. The van der Waals surface area contributed by atoms with Crippen LogP contribution in [0.15, 0.2) is 23.0 Å². The number of halogens is 1. The Bertz CT molecular complexity index is 877. The van der Waals surface area contributed by atoms with Crippen LogP contribution in [0.25, 0.3) is 10.9 Å². The van der Waals surface area contributed by atoms with Crippen LogP contribution in [-0.2, 0) is 17.0 Å². The predicted octanol–water partition coefficient (Wildman–Crippen LogP) is 3.55. The SMILES string of the molecule is Cl.O=C(CCN1CCCCC1)Nc1ccc2[nH]c(=O)c3c(c2c1)CCSC3. The summed E-state index contributed by atoms with van der Waals surface area (Å²) in [6.45, 7) is 3.06. The van der Waals surface area contributed by atoms with Crippen LogP contribution >= 0.6 is 24.2 Å². The van der Waals surface area contributed by atoms with Gasteiger partial charge in [0.15, 0.2) is 0 Å². The molecule has 0 spiro atoms. The van der Waals surface area contributed by atoms with Crippen molar-refractivity contribution < 1.29 is 4.79 Å². The number of aromatic nitrogens is 1. The number of carbonyl (C=O) groups excluding carboxylic acids is 1. The highest BCUT2D eigenvalue weighted by molar-refractivity contribution is 7.98. The average Bonchev–Trinajstić information content (AvgIpc) is 2.68. The molecule has 0 atom stereocenters. The van der Waals surface area contributed by atoms with Crippen LogP contribution in [0.3, 0.4) is 0 Å². The quantitative estimate of drug-likeness (QED) is 0.813. The molecule has 2 aliphatic heterocycles. The summed E-state index contributed by atoms with van der Waals surface area (Å²) in [7, 11) is 0. The third-order valence-electron chi connectivity index (χ3n) is 5.36. The van der Waals surface area contributed by atoms with Gasteiger partial charge in [-0.3, -0.25) is 9.59 Å². The second-order valence-corrected chi connectivity index (χ2v) is 8.28. The van der Waals surface area contributed by atoms with Gasteiger partial charge in [0.1, 0.15) is 0 Å². The van der Waals surface area contributed by atoms with E-state index in [0.29, 0.717) is 6.42 Å². The third-order valence-corrected chi connectivity index (χ3v) is 6.35. The maximum atomic E-state index is 12.3. The zero-order valence-corrected chi connectivity index (χ0v) is 17.0. The number of rotatable bonds is 4. The molecule has 1 saturated heterocycles. The number of nitrogens with one attached hydrogen (secondary N) is 2. The highest BCUT2D eigenvalue weighted by Gasteiger charge is 2.17. The monoisotopic (exact) mass is 407 g/mol. The van der Waals surface area contributed by atoms with Crippen LogP contribution in [0, 0.1) is 0 Å². The molecule has 0 saturated carbocycles. The molecular weight excluding hydrogens is 382 g/mol. The number of piperidine rings is 1. The Morgan fingerprint density at radius 2 is 2.00 bits per heavy atom. The zero-order chi connectivity index (χ0) is 17.9. The summed E-state index contributed by atoms with van der Waals surface area (Å²) in [5, 5.41) is 4.10. The average molecular weight is 408 g/mol. The molecular formula is C20H26ClN3O2S. The molecule has 5 nitrogen and oxygen atoms in total. The highest BCUT2D eigenvalue weighted by atomic mass is 35.5. The Labute approximate surface area is 169 Å². The Morgan fingerprint density at radius 3 is 2.81 bits per heavy atom. The van der Waals surface area contributed by atoms with Gasteiger partial charge in [0.25, 0.3) is 5.56 Å². The van der Waals surface area contributed by atoms with Gasteiger partial charge in [-0.2, -0.15) is 11.8 Å². The van der Waals surface area contributed by atoms with Gasteiger partial charge in [-0.05, 0) is 61.9 Å². The summed E-state index contributed by atoms with van der Waals surface area (Å²) in [4.78, 5) is 29.9. The van der Waals surface area contributed by atoms with E-state index in [2.05, 4.69) is 15.2 Å². The van der Waals surface area contributed by atoms with Gasteiger partial charge in [0, 0.05) is 40.9 Å². The summed E-state index contributed by atoms with van der Waals surface area (Å²) in [6.07, 6.45) is 5.23. The molecule has 2 aromatic rings. The van der Waals surface area contributed by atoms with Crippen molar-refractivity contribution in [2.45, 2.75) is 37.9 Å². The molecule has 2 N–H and O–H groups in total. The maximum Gasteiger partial charge on any atom is 0.252 e. The number of aryl methyl sites for hydroxylation is 1. The second-order valence-electron chi connectivity index (χ2n) is 7.17. The van der Waals surface area contributed by atoms with Gasteiger partial charge in [0.2, 0.25) is 5.91 Å². The van der Waals surface area contributed by atoms with Gasteiger partial charge in [-0.15, -0.1) is 12.4 Å². The first-order chi connectivity index (χ1) is 12.7. The van der Waals surface area contributed by atoms with E-state index in [-0.39, 0.29) is 23.9 Å². The molecule has 4 rings (SSSR count). The van der Waals surface area contributed by atoms with Gasteiger partial charge in [0.05, 0.1) is 0 Å². The van der Waals surface area contributed by atoms with Crippen LogP contribution in [-0.4, -0.2) is 41.2 Å². The van der Waals surface area contributed by atoms with E-state index in [1.165, 1.54) is 19.3 Å². The summed E-state index contributed by atoms with van der Waals surface area (Å²) < 4.78 is 0. The predicted molar refractivity (Wildman–Crippen MR) is 115 cm³/mol. The lowest BCUT2D eigenvalue weighted by Gasteiger charge is -2.26. The van der Waals surface area contributed by atoms with Crippen molar-refractivity contribution in [3.63, 3.8) is 0 Å². The van der Waals surface area contributed by atoms with E-state index in [1.54, 1.807) is 11.8 Å². The number of anilines is 1. The van der Waals surface area contributed by atoms with Crippen molar-refractivity contribution in [3.8, 4) is 0 Å². The Kier molecular flexibility index (Phi) is 6.84. The largest absolute Gasteiger partial charge is 0.326 e. The summed E-state index contributed by atoms with van der Waals surface area (Å²) in [5.41, 5.74) is 3.73. The van der Waals surface area contributed by atoms with E-state index < -0.39 is 0 Å². The van der Waals surface area contributed by atoms with Crippen molar-refractivity contribution in [1.82, 2.24) is 9.88 Å². The van der Waals surface area contributed by atoms with E-state index in [4.69, 9.17) is 0 Å². The Morgan fingerprint density at radius 1 is 1.19 bits per heavy atom. The molecule has 1 amide bonds. The smallest absolute Gasteiger partial charge is 0.252 e. The van der Waals surface area contributed by atoms with Crippen LogP contribution in [0.1, 0.15) is 36.8 Å². The zero-order valence-electron chi connectivity index (χ0n) is 15.4. The number of fused-ring (bicyclic) bond motifs is 3. The highest BCUT2D eigenvalue weighted by Crippen LogP contribution is 2.29. The number of thioether (sulfide) groups is 1. The minimum Gasteiger partial charge on any atom is -0.326 e. The van der Waals surface area contributed by atoms with Gasteiger partial charge in [-0.25, -0.2) is 0 Å². The topological polar surface area (TPSA) is 65.2 Å². The van der Waals surface area contributed by atoms with Crippen LogP contribution in [0.5, 0.6) is 0 Å². The standard InChI is InChI=1S/C20H25N3O2S.ClH/c24-19(6-10-23-8-2-1-3-9-23)21-14-4-5-18-16(12-14)15-7-11-26-13-17(15)20(25)22-18;/h4-5,12H,1-3,6-11,13H2,(H,21,24)(H,22,25);1H. The fourth-order valence-corrected chi connectivity index (χ4v) is 4.93. The van der Waals surface area contributed by atoms with E-state index in [1.807, 2.05) is 18.2 Å². The van der Waals surface area contributed by atoms with Crippen LogP contribution in [0.4, 0.5) is 5.69 Å². The molecule has 7 heteroatoms. The summed E-state index contributed by atoms with van der Waals surface area (Å²) in [5.74, 6) is 1.87. The number of carbonyl (C=O) groups is 1. The number of nitrogens with zero attached hydrogens (tertiary/aromatic N) is 1. The number of likely N-dealkylation sites (tertiary alicyclic amines) is 1. The van der Waals surface area contributed by atoms with Gasteiger partial charge >= 0.3 is 0 Å². The number of hydrogen-bond acceptors (Lipinski definition) is 4. The van der Waals surface area contributed by atoms with Crippen molar-refractivity contribution in [1.29, 1.82) is 0 Å². The number of pyridine rings is 1. The number of aromatic amines is 1. The summed E-state index contributed by atoms with van der Waals surface area (Å²) >= 11 is 1.80. The molecule has 0 aliphatic carbocycles. The molecule has 146 valence electrons. The molecule has 0 radical (unpaired) electrons. The van der Waals surface area contributed by atoms with Gasteiger partial charge in [-0.1, -0.05) is 6.42 Å². The van der Waals surface area contributed by atoms with E-state index in [0.717, 1.165) is 65.3 Å². The van der Waals surface area contributed by atoms with Gasteiger partial charge < -0.3 is 15.2 Å². The Balaban J connectivity index is 0.00000210. The van der Waals surface area contributed by atoms with Crippen molar-refractivity contribution >= 4 is 46.7 Å². The molecule has 3 heterocycles.